The summed E-state index contributed by atoms with van der Waals surface area (Å²) in [7, 11) is 0. The number of alkyl halides is 2. The van der Waals surface area contributed by atoms with Crippen molar-refractivity contribution in [3.8, 4) is 0 Å². The monoisotopic (exact) mass is 193 g/mol. The Labute approximate surface area is 77.6 Å². The lowest BCUT2D eigenvalue weighted by Crippen LogP contribution is -2.41. The van der Waals surface area contributed by atoms with Gasteiger partial charge in [0, 0.05) is 12.1 Å². The summed E-state index contributed by atoms with van der Waals surface area (Å²) in [5.41, 5.74) is 0. The van der Waals surface area contributed by atoms with Crippen LogP contribution in [0.1, 0.15) is 33.1 Å². The molecule has 2 nitrogen and oxygen atoms in total. The maximum atomic E-state index is 11.9. The van der Waals surface area contributed by atoms with Gasteiger partial charge in [0.25, 0.3) is 0 Å². The molecule has 0 radical (unpaired) electrons. The van der Waals surface area contributed by atoms with Crippen LogP contribution in [-0.2, 0) is 4.74 Å². The van der Waals surface area contributed by atoms with Gasteiger partial charge in [-0.1, -0.05) is 13.8 Å². The van der Waals surface area contributed by atoms with Crippen LogP contribution in [0.5, 0.6) is 0 Å². The fourth-order valence-electron chi connectivity index (χ4n) is 1.84. The first kappa shape index (κ1) is 10.9. The first-order valence-corrected chi connectivity index (χ1v) is 4.79. The molecule has 0 spiro atoms. The van der Waals surface area contributed by atoms with Crippen LogP contribution in [0.2, 0.25) is 0 Å². The predicted octanol–water partition coefficient (Wildman–Crippen LogP) is 2.14. The summed E-state index contributed by atoms with van der Waals surface area (Å²) in [5, 5.41) is 3.24. The van der Waals surface area contributed by atoms with Crippen molar-refractivity contribution in [2.24, 2.45) is 0 Å². The topological polar surface area (TPSA) is 21.3 Å². The highest BCUT2D eigenvalue weighted by Crippen LogP contribution is 2.24. The van der Waals surface area contributed by atoms with Gasteiger partial charge < -0.3 is 10.1 Å². The summed E-state index contributed by atoms with van der Waals surface area (Å²) >= 11 is 0. The summed E-state index contributed by atoms with van der Waals surface area (Å²) < 4.78 is 28.4. The van der Waals surface area contributed by atoms with E-state index in [0.29, 0.717) is 6.04 Å². The second-order valence-electron chi connectivity index (χ2n) is 3.79. The highest BCUT2D eigenvalue weighted by Gasteiger charge is 2.30. The van der Waals surface area contributed by atoms with E-state index in [0.717, 1.165) is 19.3 Å². The van der Waals surface area contributed by atoms with Gasteiger partial charge in [0.2, 0.25) is 0 Å². The van der Waals surface area contributed by atoms with Crippen LogP contribution in [0.15, 0.2) is 0 Å². The van der Waals surface area contributed by atoms with Crippen molar-refractivity contribution in [2.45, 2.75) is 57.9 Å². The van der Waals surface area contributed by atoms with Gasteiger partial charge in [0.15, 0.2) is 0 Å². The molecule has 13 heavy (non-hydrogen) atoms. The molecular weight excluding hydrogens is 176 g/mol. The van der Waals surface area contributed by atoms with Crippen LogP contribution in [0.25, 0.3) is 0 Å². The van der Waals surface area contributed by atoms with Crippen molar-refractivity contribution in [3.05, 3.63) is 0 Å². The zero-order chi connectivity index (χ0) is 9.84. The lowest BCUT2D eigenvalue weighted by Gasteiger charge is -2.22. The Morgan fingerprint density at radius 1 is 1.31 bits per heavy atom. The predicted molar refractivity (Wildman–Crippen MR) is 46.8 cm³/mol. The van der Waals surface area contributed by atoms with Gasteiger partial charge in [0.05, 0.1) is 6.10 Å². The van der Waals surface area contributed by atoms with E-state index >= 15 is 0 Å². The fourth-order valence-corrected chi connectivity index (χ4v) is 1.84. The second kappa shape index (κ2) is 4.86. The first-order valence-electron chi connectivity index (χ1n) is 4.79. The van der Waals surface area contributed by atoms with Crippen molar-refractivity contribution in [2.75, 3.05) is 0 Å². The Morgan fingerprint density at radius 2 is 2.00 bits per heavy atom. The molecule has 1 N–H and O–H groups in total. The molecule has 0 aromatic carbocycles. The molecule has 4 heteroatoms. The summed E-state index contributed by atoms with van der Waals surface area (Å²) in [5.74, 6) is 0. The normalized spacial score (nSPS) is 29.1. The molecular formula is C9H17F2NO. The maximum absolute atomic E-state index is 11.9. The Morgan fingerprint density at radius 3 is 2.54 bits per heavy atom. The molecule has 0 aromatic rings. The Balaban J connectivity index is 2.35. The molecule has 1 fully saturated rings. The zero-order valence-corrected chi connectivity index (χ0v) is 8.09. The molecule has 1 rings (SSSR count). The first-order chi connectivity index (χ1) is 6.09. The average molecular weight is 193 g/mol. The minimum Gasteiger partial charge on any atom is -0.318 e. The van der Waals surface area contributed by atoms with Crippen molar-refractivity contribution < 1.29 is 13.5 Å². The molecule has 0 amide bonds. The number of rotatable bonds is 4. The molecule has 1 aliphatic carbocycles. The minimum absolute atomic E-state index is 0.106. The highest BCUT2D eigenvalue weighted by molar-refractivity contribution is 4.85. The summed E-state index contributed by atoms with van der Waals surface area (Å²) in [4.78, 5) is 0. The SMILES string of the molecule is CC(C)N[C@@H]1CCC[C@@H]1OC(F)F. The number of hydrogen-bond acceptors (Lipinski definition) is 2. The summed E-state index contributed by atoms with van der Waals surface area (Å²) in [6, 6.07) is 0.431. The van der Waals surface area contributed by atoms with Crippen LogP contribution in [0.4, 0.5) is 8.78 Å². The van der Waals surface area contributed by atoms with E-state index in [1.54, 1.807) is 0 Å². The molecule has 0 aromatic heterocycles. The van der Waals surface area contributed by atoms with Gasteiger partial charge in [0.1, 0.15) is 0 Å². The third kappa shape index (κ3) is 3.56. The zero-order valence-electron chi connectivity index (χ0n) is 8.09. The Hall–Kier alpha value is -0.220. The molecule has 0 unspecified atom stereocenters. The lowest BCUT2D eigenvalue weighted by atomic mass is 10.2. The van der Waals surface area contributed by atoms with E-state index in [9.17, 15) is 8.78 Å². The van der Waals surface area contributed by atoms with Crippen molar-refractivity contribution in [1.82, 2.24) is 5.32 Å². The highest BCUT2D eigenvalue weighted by atomic mass is 19.3. The average Bonchev–Trinajstić information content (AvgIpc) is 2.34. The maximum Gasteiger partial charge on any atom is 0.345 e. The van der Waals surface area contributed by atoms with Crippen LogP contribution < -0.4 is 5.32 Å². The molecule has 0 aliphatic heterocycles. The molecule has 78 valence electrons. The largest absolute Gasteiger partial charge is 0.345 e. The number of halogens is 2. The molecule has 1 aliphatic rings. The number of ether oxygens (including phenoxy) is 1. The van der Waals surface area contributed by atoms with Gasteiger partial charge in [-0.25, -0.2) is 0 Å². The minimum atomic E-state index is -2.64. The number of nitrogens with one attached hydrogen (secondary N) is 1. The van der Waals surface area contributed by atoms with Crippen LogP contribution in [-0.4, -0.2) is 24.8 Å². The Kier molecular flexibility index (Phi) is 4.06. The van der Waals surface area contributed by atoms with Crippen LogP contribution >= 0.6 is 0 Å². The summed E-state index contributed by atoms with van der Waals surface area (Å²) in [6.45, 7) is 1.38. The molecule has 0 bridgehead atoms. The fraction of sp³-hybridized carbons (Fsp3) is 1.00. The third-order valence-electron chi connectivity index (χ3n) is 2.28. The van der Waals surface area contributed by atoms with E-state index in [1.807, 2.05) is 13.8 Å². The van der Waals surface area contributed by atoms with Crippen LogP contribution in [0.3, 0.4) is 0 Å². The third-order valence-corrected chi connectivity index (χ3v) is 2.28. The van der Waals surface area contributed by atoms with Crippen LogP contribution in [0, 0.1) is 0 Å². The van der Waals surface area contributed by atoms with E-state index in [1.165, 1.54) is 0 Å². The molecule has 0 saturated heterocycles. The molecule has 2 atom stereocenters. The van der Waals surface area contributed by atoms with Gasteiger partial charge in [-0.2, -0.15) is 8.78 Å². The Bertz CT molecular complexity index is 137. The number of hydrogen-bond donors (Lipinski definition) is 1. The lowest BCUT2D eigenvalue weighted by molar-refractivity contribution is -0.166. The van der Waals surface area contributed by atoms with Gasteiger partial charge in [-0.05, 0) is 19.3 Å². The van der Waals surface area contributed by atoms with E-state index < -0.39 is 6.61 Å². The van der Waals surface area contributed by atoms with Gasteiger partial charge >= 0.3 is 6.61 Å². The second-order valence-corrected chi connectivity index (χ2v) is 3.79. The standard InChI is InChI=1S/C9H17F2NO/c1-6(2)12-7-4-3-5-8(7)13-9(10)11/h6-9,12H,3-5H2,1-2H3/t7-,8+/m1/s1. The van der Waals surface area contributed by atoms with Gasteiger partial charge in [-0.15, -0.1) is 0 Å². The molecule has 0 heterocycles. The quantitative estimate of drug-likeness (QED) is 0.738. The van der Waals surface area contributed by atoms with E-state index in [-0.39, 0.29) is 12.1 Å². The van der Waals surface area contributed by atoms with Crippen molar-refractivity contribution in [3.63, 3.8) is 0 Å². The van der Waals surface area contributed by atoms with Crippen molar-refractivity contribution >= 4 is 0 Å². The van der Waals surface area contributed by atoms with E-state index in [2.05, 4.69) is 10.1 Å². The van der Waals surface area contributed by atoms with E-state index in [4.69, 9.17) is 0 Å². The smallest absolute Gasteiger partial charge is 0.318 e. The van der Waals surface area contributed by atoms with Gasteiger partial charge in [-0.3, -0.25) is 0 Å². The molecule has 1 saturated carbocycles. The summed E-state index contributed by atoms with van der Waals surface area (Å²) in [6.07, 6.45) is 2.36. The van der Waals surface area contributed by atoms with Crippen molar-refractivity contribution in [1.29, 1.82) is 0 Å².